The molecule has 0 spiro atoms. The standard InChI is InChI=1S/C46H54N6O6/c1-3-42(53)49-30-14-7-5-12-28-47-37-22-18-35(19-23-37)44(55)52-39-26-27-41(40(32-39)45(56)51-33-34-16-10-9-11-17-34)58-46(57)36-20-24-38(25-21-36)48-29-13-6-8-15-31-50-43(54)4-2/h3-4,9-11,16-27,32,47-48H,1-2,5-8,12-15,28-31,33H2,(H,49,53)(H,50,54)(H,51,56)(H,52,55). The van der Waals surface area contributed by atoms with Crippen molar-refractivity contribution in [2.45, 2.75) is 57.9 Å². The van der Waals surface area contributed by atoms with E-state index >= 15 is 0 Å². The Balaban J connectivity index is 1.31. The average molecular weight is 787 g/mol. The van der Waals surface area contributed by atoms with Crippen LogP contribution in [0.3, 0.4) is 0 Å². The first-order valence-corrected chi connectivity index (χ1v) is 19.7. The van der Waals surface area contributed by atoms with Gasteiger partial charge in [-0.25, -0.2) is 4.79 Å². The molecule has 4 aromatic rings. The van der Waals surface area contributed by atoms with E-state index in [2.05, 4.69) is 45.1 Å². The van der Waals surface area contributed by atoms with Crippen molar-refractivity contribution < 1.29 is 28.7 Å². The fourth-order valence-corrected chi connectivity index (χ4v) is 5.81. The van der Waals surface area contributed by atoms with Gasteiger partial charge in [-0.3, -0.25) is 19.2 Å². The molecule has 12 nitrogen and oxygen atoms in total. The van der Waals surface area contributed by atoms with Crippen LogP contribution in [0, 0.1) is 0 Å². The second-order valence-corrected chi connectivity index (χ2v) is 13.5. The van der Waals surface area contributed by atoms with E-state index in [1.807, 2.05) is 42.5 Å². The van der Waals surface area contributed by atoms with Crippen molar-refractivity contribution in [3.05, 3.63) is 145 Å². The number of ether oxygens (including phenoxy) is 1. The lowest BCUT2D eigenvalue weighted by Crippen LogP contribution is -2.24. The molecule has 0 aliphatic rings. The van der Waals surface area contributed by atoms with Gasteiger partial charge in [-0.2, -0.15) is 0 Å². The maximum absolute atomic E-state index is 13.5. The van der Waals surface area contributed by atoms with Crippen LogP contribution in [-0.2, 0) is 16.1 Å². The molecular weight excluding hydrogens is 733 g/mol. The van der Waals surface area contributed by atoms with Crippen molar-refractivity contribution in [2.24, 2.45) is 0 Å². The molecule has 0 aliphatic heterocycles. The van der Waals surface area contributed by atoms with Crippen molar-refractivity contribution in [3.63, 3.8) is 0 Å². The molecule has 0 saturated carbocycles. The zero-order valence-corrected chi connectivity index (χ0v) is 32.9. The number of hydrogen-bond donors (Lipinski definition) is 6. The number of amides is 4. The lowest BCUT2D eigenvalue weighted by Gasteiger charge is -2.14. The number of benzene rings is 4. The first-order valence-electron chi connectivity index (χ1n) is 19.7. The number of carbonyl (C=O) groups excluding carboxylic acids is 5. The molecule has 4 rings (SSSR count). The predicted molar refractivity (Wildman–Crippen MR) is 230 cm³/mol. The van der Waals surface area contributed by atoms with Gasteiger partial charge in [0, 0.05) is 55.3 Å². The third-order valence-electron chi connectivity index (χ3n) is 9.08. The Morgan fingerprint density at radius 2 is 1.02 bits per heavy atom. The number of anilines is 3. The average Bonchev–Trinajstić information content (AvgIpc) is 3.25. The summed E-state index contributed by atoms with van der Waals surface area (Å²) in [5.74, 6) is -1.73. The van der Waals surface area contributed by atoms with Crippen LogP contribution in [0.5, 0.6) is 5.75 Å². The summed E-state index contributed by atoms with van der Waals surface area (Å²) >= 11 is 0. The van der Waals surface area contributed by atoms with E-state index < -0.39 is 11.9 Å². The Hall–Kier alpha value is -6.69. The molecule has 0 aliphatic carbocycles. The van der Waals surface area contributed by atoms with Crippen molar-refractivity contribution in [2.75, 3.05) is 42.1 Å². The minimum absolute atomic E-state index is 0.0507. The van der Waals surface area contributed by atoms with E-state index in [1.165, 1.54) is 24.3 Å². The summed E-state index contributed by atoms with van der Waals surface area (Å²) < 4.78 is 5.76. The lowest BCUT2D eigenvalue weighted by molar-refractivity contribution is -0.117. The first kappa shape index (κ1) is 44.0. The normalized spacial score (nSPS) is 10.4. The number of esters is 1. The van der Waals surface area contributed by atoms with Crippen LogP contribution in [0.2, 0.25) is 0 Å². The zero-order chi connectivity index (χ0) is 41.4. The van der Waals surface area contributed by atoms with Gasteiger partial charge in [-0.15, -0.1) is 0 Å². The second-order valence-electron chi connectivity index (χ2n) is 13.5. The molecule has 0 radical (unpaired) electrons. The fraction of sp³-hybridized carbons (Fsp3) is 0.283. The molecule has 0 aromatic heterocycles. The largest absolute Gasteiger partial charge is 0.422 e. The highest BCUT2D eigenvalue weighted by molar-refractivity contribution is 6.06. The van der Waals surface area contributed by atoms with Gasteiger partial charge in [0.15, 0.2) is 0 Å². The van der Waals surface area contributed by atoms with Gasteiger partial charge in [0.25, 0.3) is 11.8 Å². The van der Waals surface area contributed by atoms with E-state index in [4.69, 9.17) is 4.74 Å². The molecule has 0 fully saturated rings. The van der Waals surface area contributed by atoms with Gasteiger partial charge < -0.3 is 36.6 Å². The van der Waals surface area contributed by atoms with E-state index in [0.717, 1.165) is 81.4 Å². The van der Waals surface area contributed by atoms with Gasteiger partial charge in [-0.05, 0) is 110 Å². The number of nitrogens with one attached hydrogen (secondary N) is 6. The second kappa shape index (κ2) is 24.7. The first-order chi connectivity index (χ1) is 28.2. The van der Waals surface area contributed by atoms with E-state index in [0.29, 0.717) is 29.9 Å². The van der Waals surface area contributed by atoms with E-state index in [1.54, 1.807) is 42.5 Å². The minimum atomic E-state index is -0.632. The molecule has 12 heteroatoms. The predicted octanol–water partition coefficient (Wildman–Crippen LogP) is 7.64. The molecule has 4 amide bonds. The summed E-state index contributed by atoms with van der Waals surface area (Å²) in [6, 6.07) is 28.1. The zero-order valence-electron chi connectivity index (χ0n) is 32.9. The smallest absolute Gasteiger partial charge is 0.343 e. The number of carbonyl (C=O) groups is 5. The molecule has 58 heavy (non-hydrogen) atoms. The third kappa shape index (κ3) is 15.8. The van der Waals surface area contributed by atoms with Gasteiger partial charge in [0.1, 0.15) is 5.75 Å². The van der Waals surface area contributed by atoms with Crippen LogP contribution in [0.25, 0.3) is 0 Å². The van der Waals surface area contributed by atoms with E-state index in [-0.39, 0.29) is 35.6 Å². The Morgan fingerprint density at radius 3 is 1.55 bits per heavy atom. The van der Waals surface area contributed by atoms with Crippen LogP contribution in [0.4, 0.5) is 17.1 Å². The minimum Gasteiger partial charge on any atom is -0.422 e. The molecule has 0 saturated heterocycles. The summed E-state index contributed by atoms with van der Waals surface area (Å²) in [7, 11) is 0. The molecule has 0 atom stereocenters. The summed E-state index contributed by atoms with van der Waals surface area (Å²) in [5.41, 5.74) is 3.83. The summed E-state index contributed by atoms with van der Waals surface area (Å²) in [6.07, 6.45) is 10.3. The highest BCUT2D eigenvalue weighted by Crippen LogP contribution is 2.25. The van der Waals surface area contributed by atoms with Crippen LogP contribution in [-0.4, -0.2) is 55.8 Å². The maximum Gasteiger partial charge on any atom is 0.343 e. The molecule has 4 aromatic carbocycles. The Labute approximate surface area is 340 Å². The fourth-order valence-electron chi connectivity index (χ4n) is 5.81. The van der Waals surface area contributed by atoms with Crippen molar-refractivity contribution in [3.8, 4) is 5.75 Å². The van der Waals surface area contributed by atoms with Crippen LogP contribution in [0.1, 0.15) is 88.0 Å². The highest BCUT2D eigenvalue weighted by atomic mass is 16.5. The Morgan fingerprint density at radius 1 is 0.517 bits per heavy atom. The summed E-state index contributed by atoms with van der Waals surface area (Å²) in [4.78, 5) is 62.5. The van der Waals surface area contributed by atoms with Gasteiger partial charge in [0.2, 0.25) is 11.8 Å². The van der Waals surface area contributed by atoms with Crippen LogP contribution >= 0.6 is 0 Å². The topological polar surface area (TPSA) is 167 Å². The van der Waals surface area contributed by atoms with Crippen molar-refractivity contribution in [1.29, 1.82) is 0 Å². The monoisotopic (exact) mass is 786 g/mol. The van der Waals surface area contributed by atoms with Gasteiger partial charge in [0.05, 0.1) is 11.1 Å². The molecule has 6 N–H and O–H groups in total. The SMILES string of the molecule is C=CC(=O)NCCCCCCNc1ccc(C(=O)Nc2ccc(OC(=O)c3ccc(NCCCCCCNC(=O)C=C)cc3)c(C(=O)NCc3ccccc3)c2)cc1. The Kier molecular flexibility index (Phi) is 18.8. The molecule has 304 valence electrons. The highest BCUT2D eigenvalue weighted by Gasteiger charge is 2.19. The lowest BCUT2D eigenvalue weighted by atomic mass is 10.1. The van der Waals surface area contributed by atoms with Crippen molar-refractivity contribution >= 4 is 46.7 Å². The third-order valence-corrected chi connectivity index (χ3v) is 9.08. The summed E-state index contributed by atoms with van der Waals surface area (Å²) in [5, 5.41) is 18.0. The van der Waals surface area contributed by atoms with Crippen molar-refractivity contribution in [1.82, 2.24) is 16.0 Å². The van der Waals surface area contributed by atoms with Gasteiger partial charge >= 0.3 is 5.97 Å². The number of rotatable bonds is 25. The van der Waals surface area contributed by atoms with Crippen LogP contribution in [0.15, 0.2) is 122 Å². The van der Waals surface area contributed by atoms with Gasteiger partial charge in [-0.1, -0.05) is 69.2 Å². The van der Waals surface area contributed by atoms with Crippen LogP contribution < -0.4 is 36.6 Å². The number of unbranched alkanes of at least 4 members (excludes halogenated alkanes) is 6. The molecule has 0 unspecified atom stereocenters. The number of hydrogen-bond acceptors (Lipinski definition) is 8. The quantitative estimate of drug-likeness (QED) is 0.0173. The molecule has 0 heterocycles. The molecule has 0 bridgehead atoms. The van der Waals surface area contributed by atoms with E-state index in [9.17, 15) is 24.0 Å². The molecular formula is C46H54N6O6. The summed E-state index contributed by atoms with van der Waals surface area (Å²) in [6.45, 7) is 9.96. The maximum atomic E-state index is 13.5. The Bertz CT molecular complexity index is 1970.